The second kappa shape index (κ2) is 7.25. The lowest BCUT2D eigenvalue weighted by molar-refractivity contribution is -0.141. The van der Waals surface area contributed by atoms with Gasteiger partial charge in [-0.05, 0) is 50.1 Å². The van der Waals surface area contributed by atoms with Crippen molar-refractivity contribution in [3.63, 3.8) is 0 Å². The molecule has 0 saturated carbocycles. The van der Waals surface area contributed by atoms with E-state index in [1.54, 1.807) is 16.7 Å². The highest BCUT2D eigenvalue weighted by Crippen LogP contribution is 2.23. The van der Waals surface area contributed by atoms with Crippen LogP contribution in [0, 0.1) is 20.8 Å². The fourth-order valence-electron chi connectivity index (χ4n) is 2.87. The summed E-state index contributed by atoms with van der Waals surface area (Å²) >= 11 is 1.41. The van der Waals surface area contributed by atoms with E-state index in [4.69, 9.17) is 4.74 Å². The number of aromatic nitrogens is 1. The van der Waals surface area contributed by atoms with Crippen molar-refractivity contribution in [1.82, 2.24) is 4.57 Å². The number of esters is 1. The van der Waals surface area contributed by atoms with Crippen LogP contribution in [0.5, 0.6) is 0 Å². The zero-order valence-corrected chi connectivity index (χ0v) is 16.0. The molecule has 0 saturated heterocycles. The Labute approximate surface area is 155 Å². The second-order valence-electron chi connectivity index (χ2n) is 6.26. The number of nitrogens with zero attached hydrogens (tertiary/aromatic N) is 2. The monoisotopic (exact) mass is 368 g/mol. The normalized spacial score (nSPS) is 11.8. The van der Waals surface area contributed by atoms with E-state index in [1.165, 1.54) is 18.4 Å². The predicted octanol–water partition coefficient (Wildman–Crippen LogP) is 3.54. The van der Waals surface area contributed by atoms with Gasteiger partial charge in [0.05, 0.1) is 17.3 Å². The van der Waals surface area contributed by atoms with E-state index in [2.05, 4.69) is 11.1 Å². The molecule has 0 N–H and O–H groups in total. The first kappa shape index (κ1) is 18.1. The summed E-state index contributed by atoms with van der Waals surface area (Å²) in [6.07, 6.45) is 0. The number of methoxy groups -OCH3 is 1. The van der Waals surface area contributed by atoms with E-state index in [1.807, 2.05) is 39.0 Å². The van der Waals surface area contributed by atoms with Crippen LogP contribution < -0.4 is 4.80 Å². The van der Waals surface area contributed by atoms with Gasteiger partial charge in [-0.15, -0.1) is 0 Å². The number of hydrogen-bond donors (Lipinski definition) is 0. The van der Waals surface area contributed by atoms with Gasteiger partial charge < -0.3 is 9.30 Å². The summed E-state index contributed by atoms with van der Waals surface area (Å²) in [6.45, 7) is 5.96. The number of thiazole rings is 1. The van der Waals surface area contributed by atoms with E-state index in [0.717, 1.165) is 26.9 Å². The number of rotatable bonds is 3. The standard InChI is InChI=1S/C20H20N2O3S/c1-12-6-5-7-15(9-12)19(24)21-20-22(11-17(23)25-4)16-10-13(2)8-14(3)18(16)26-20/h5-10H,11H2,1-4H3. The minimum Gasteiger partial charge on any atom is -0.468 e. The van der Waals surface area contributed by atoms with Crippen molar-refractivity contribution in [2.24, 2.45) is 4.99 Å². The van der Waals surface area contributed by atoms with Gasteiger partial charge in [-0.3, -0.25) is 9.59 Å². The number of benzene rings is 2. The zero-order valence-electron chi connectivity index (χ0n) is 15.2. The first-order chi connectivity index (χ1) is 12.4. The Balaban J connectivity index is 2.20. The summed E-state index contributed by atoms with van der Waals surface area (Å²) in [5.41, 5.74) is 4.58. The van der Waals surface area contributed by atoms with Gasteiger partial charge in [0.25, 0.3) is 5.91 Å². The summed E-state index contributed by atoms with van der Waals surface area (Å²) in [7, 11) is 1.35. The first-order valence-electron chi connectivity index (χ1n) is 8.22. The van der Waals surface area contributed by atoms with Crippen molar-refractivity contribution < 1.29 is 14.3 Å². The second-order valence-corrected chi connectivity index (χ2v) is 7.24. The van der Waals surface area contributed by atoms with Crippen molar-refractivity contribution in [2.45, 2.75) is 27.3 Å². The Morgan fingerprint density at radius 2 is 1.88 bits per heavy atom. The van der Waals surface area contributed by atoms with Crippen molar-refractivity contribution in [3.05, 3.63) is 63.5 Å². The van der Waals surface area contributed by atoms with E-state index >= 15 is 0 Å². The average Bonchev–Trinajstić information content (AvgIpc) is 2.92. The smallest absolute Gasteiger partial charge is 0.325 e. The molecule has 5 nitrogen and oxygen atoms in total. The Morgan fingerprint density at radius 3 is 2.58 bits per heavy atom. The molecule has 0 aliphatic rings. The Morgan fingerprint density at radius 1 is 1.12 bits per heavy atom. The third-order valence-corrected chi connectivity index (χ3v) is 5.32. The van der Waals surface area contributed by atoms with Crippen molar-refractivity contribution in [2.75, 3.05) is 7.11 Å². The van der Waals surface area contributed by atoms with Crippen molar-refractivity contribution in [3.8, 4) is 0 Å². The molecule has 0 radical (unpaired) electrons. The van der Waals surface area contributed by atoms with Gasteiger partial charge in [-0.1, -0.05) is 35.1 Å². The largest absolute Gasteiger partial charge is 0.468 e. The van der Waals surface area contributed by atoms with Crippen LogP contribution in [0.3, 0.4) is 0 Å². The molecule has 0 aliphatic heterocycles. The molecule has 1 heterocycles. The zero-order chi connectivity index (χ0) is 18.8. The number of hydrogen-bond acceptors (Lipinski definition) is 4. The lowest BCUT2D eigenvalue weighted by atomic mass is 10.1. The lowest BCUT2D eigenvalue weighted by Crippen LogP contribution is -2.22. The van der Waals surface area contributed by atoms with Crippen LogP contribution in [0.25, 0.3) is 10.2 Å². The Hall–Kier alpha value is -2.73. The van der Waals surface area contributed by atoms with Crippen LogP contribution in [0.4, 0.5) is 0 Å². The predicted molar refractivity (Wildman–Crippen MR) is 102 cm³/mol. The number of carbonyl (C=O) groups is 2. The van der Waals surface area contributed by atoms with Gasteiger partial charge in [-0.2, -0.15) is 4.99 Å². The highest BCUT2D eigenvalue weighted by molar-refractivity contribution is 7.16. The third kappa shape index (κ3) is 3.60. The molecule has 134 valence electrons. The molecule has 1 amide bonds. The van der Waals surface area contributed by atoms with Crippen LogP contribution in [0.2, 0.25) is 0 Å². The Bertz CT molecular complexity index is 1080. The molecule has 0 bridgehead atoms. The van der Waals surface area contributed by atoms with Crippen molar-refractivity contribution >= 4 is 33.4 Å². The van der Waals surface area contributed by atoms with E-state index in [0.29, 0.717) is 10.4 Å². The van der Waals surface area contributed by atoms with Crippen LogP contribution in [-0.4, -0.2) is 23.6 Å². The maximum Gasteiger partial charge on any atom is 0.325 e. The maximum absolute atomic E-state index is 12.6. The molecular formula is C20H20N2O3S. The molecule has 0 fully saturated rings. The quantitative estimate of drug-likeness (QED) is 0.664. The molecule has 3 rings (SSSR count). The molecule has 0 atom stereocenters. The molecule has 6 heteroatoms. The molecule has 26 heavy (non-hydrogen) atoms. The van der Waals surface area contributed by atoms with E-state index < -0.39 is 0 Å². The topological polar surface area (TPSA) is 60.7 Å². The SMILES string of the molecule is COC(=O)Cn1c(=NC(=O)c2cccc(C)c2)sc2c(C)cc(C)cc21. The first-order valence-corrected chi connectivity index (χ1v) is 9.04. The number of aryl methyl sites for hydroxylation is 3. The minimum atomic E-state index is -0.381. The van der Waals surface area contributed by atoms with Gasteiger partial charge in [0, 0.05) is 5.56 Å². The maximum atomic E-state index is 12.6. The highest BCUT2D eigenvalue weighted by Gasteiger charge is 2.14. The third-order valence-electron chi connectivity index (χ3n) is 4.09. The van der Waals surface area contributed by atoms with Crippen LogP contribution in [0.1, 0.15) is 27.0 Å². The molecular weight excluding hydrogens is 348 g/mol. The summed E-state index contributed by atoms with van der Waals surface area (Å²) in [6, 6.07) is 11.4. The molecule has 0 unspecified atom stereocenters. The lowest BCUT2D eigenvalue weighted by Gasteiger charge is -2.05. The minimum absolute atomic E-state index is 0.0132. The summed E-state index contributed by atoms with van der Waals surface area (Å²) in [4.78, 5) is 29.3. The van der Waals surface area contributed by atoms with Gasteiger partial charge in [0.1, 0.15) is 6.54 Å². The average molecular weight is 368 g/mol. The van der Waals surface area contributed by atoms with Gasteiger partial charge in [0.2, 0.25) is 0 Å². The van der Waals surface area contributed by atoms with Crippen LogP contribution in [-0.2, 0) is 16.1 Å². The Kier molecular flexibility index (Phi) is 5.04. The van der Waals surface area contributed by atoms with E-state index in [9.17, 15) is 9.59 Å². The summed E-state index contributed by atoms with van der Waals surface area (Å²) < 4.78 is 7.57. The summed E-state index contributed by atoms with van der Waals surface area (Å²) in [5, 5.41) is 0. The molecule has 0 spiro atoms. The summed E-state index contributed by atoms with van der Waals surface area (Å²) in [5.74, 6) is -0.707. The molecule has 0 aliphatic carbocycles. The van der Waals surface area contributed by atoms with Gasteiger partial charge in [-0.25, -0.2) is 0 Å². The number of ether oxygens (including phenoxy) is 1. The number of carbonyl (C=O) groups excluding carboxylic acids is 2. The van der Waals surface area contributed by atoms with Gasteiger partial charge in [0.15, 0.2) is 4.80 Å². The molecule has 2 aromatic carbocycles. The van der Waals surface area contributed by atoms with Crippen molar-refractivity contribution in [1.29, 1.82) is 0 Å². The number of amides is 1. The van der Waals surface area contributed by atoms with Gasteiger partial charge >= 0.3 is 5.97 Å². The number of fused-ring (bicyclic) bond motifs is 1. The molecule has 3 aromatic rings. The fourth-order valence-corrected chi connectivity index (χ4v) is 3.95. The fraction of sp³-hybridized carbons (Fsp3) is 0.250. The van der Waals surface area contributed by atoms with Crippen LogP contribution >= 0.6 is 11.3 Å². The van der Waals surface area contributed by atoms with E-state index in [-0.39, 0.29) is 18.4 Å². The highest BCUT2D eigenvalue weighted by atomic mass is 32.1. The molecule has 1 aromatic heterocycles. The van der Waals surface area contributed by atoms with Crippen LogP contribution in [0.15, 0.2) is 41.4 Å².